The van der Waals surface area contributed by atoms with Crippen LogP contribution in [0, 0.1) is 19.8 Å². The predicted molar refractivity (Wildman–Crippen MR) is 105 cm³/mol. The Bertz CT molecular complexity index is 858. The summed E-state index contributed by atoms with van der Waals surface area (Å²) in [5, 5.41) is 2.99. The quantitative estimate of drug-likeness (QED) is 0.794. The van der Waals surface area contributed by atoms with Crippen molar-refractivity contribution in [3.63, 3.8) is 0 Å². The zero-order chi connectivity index (χ0) is 19.7. The van der Waals surface area contributed by atoms with Crippen LogP contribution in [0.1, 0.15) is 24.2 Å². The van der Waals surface area contributed by atoms with Crippen molar-refractivity contribution in [2.75, 3.05) is 31.6 Å². The Labute approximate surface area is 164 Å². The zero-order valence-electron chi connectivity index (χ0n) is 16.2. The topological polar surface area (TPSA) is 67.3 Å². The number of carbonyl (C=O) groups excluding carboxylic acids is 1. The largest absolute Gasteiger partial charge is 0.492 e. The second kappa shape index (κ2) is 7.83. The van der Waals surface area contributed by atoms with E-state index in [4.69, 9.17) is 4.74 Å². The Kier molecular flexibility index (Phi) is 5.26. The molecule has 2 aliphatic rings. The molecule has 0 atom stereocenters. The molecule has 2 aromatic rings. The summed E-state index contributed by atoms with van der Waals surface area (Å²) in [5.41, 5.74) is 4.21. The molecule has 0 radical (unpaired) electrons. The Morgan fingerprint density at radius 3 is 2.61 bits per heavy atom. The van der Waals surface area contributed by atoms with E-state index in [9.17, 15) is 9.18 Å². The monoisotopic (exact) mass is 384 g/mol. The summed E-state index contributed by atoms with van der Waals surface area (Å²) >= 11 is 0. The molecular formula is C21H25FN4O2. The van der Waals surface area contributed by atoms with Gasteiger partial charge in [-0.15, -0.1) is 0 Å². The number of hydrogen-bond acceptors (Lipinski definition) is 5. The van der Waals surface area contributed by atoms with E-state index in [-0.39, 0.29) is 11.8 Å². The predicted octanol–water partition coefficient (Wildman–Crippen LogP) is 3.14. The Hall–Kier alpha value is -2.54. The fourth-order valence-corrected chi connectivity index (χ4v) is 3.48. The van der Waals surface area contributed by atoms with Gasteiger partial charge in [0.05, 0.1) is 0 Å². The van der Waals surface area contributed by atoms with Gasteiger partial charge in [0, 0.05) is 53.8 Å². The molecule has 1 amide bonds. The van der Waals surface area contributed by atoms with Gasteiger partial charge in [-0.2, -0.15) is 0 Å². The molecule has 7 heteroatoms. The molecule has 2 heterocycles. The van der Waals surface area contributed by atoms with Crippen LogP contribution in [0.15, 0.2) is 24.5 Å². The number of alkyl halides is 1. The average molecular weight is 384 g/mol. The summed E-state index contributed by atoms with van der Waals surface area (Å²) in [4.78, 5) is 22.8. The van der Waals surface area contributed by atoms with Crippen LogP contribution in [0.25, 0.3) is 11.1 Å². The normalized spacial score (nSPS) is 17.2. The number of aromatic nitrogens is 2. The molecule has 1 saturated carbocycles. The minimum absolute atomic E-state index is 0.0657. The first-order valence-electron chi connectivity index (χ1n) is 9.74. The molecule has 4 rings (SSSR count). The summed E-state index contributed by atoms with van der Waals surface area (Å²) in [6.07, 6.45) is 2.75. The van der Waals surface area contributed by atoms with Crippen LogP contribution in [0.2, 0.25) is 0 Å². The number of carbonyl (C=O) groups is 1. The van der Waals surface area contributed by atoms with Crippen molar-refractivity contribution in [3.8, 4) is 16.9 Å². The maximum Gasteiger partial charge on any atom is 0.227 e. The molecule has 1 saturated heterocycles. The van der Waals surface area contributed by atoms with Gasteiger partial charge in [-0.1, -0.05) is 0 Å². The second-order valence-electron chi connectivity index (χ2n) is 7.60. The minimum atomic E-state index is -0.711. The van der Waals surface area contributed by atoms with Crippen molar-refractivity contribution in [3.05, 3.63) is 35.9 Å². The van der Waals surface area contributed by atoms with Gasteiger partial charge >= 0.3 is 0 Å². The van der Waals surface area contributed by atoms with Crippen LogP contribution >= 0.6 is 0 Å². The van der Waals surface area contributed by atoms with Crippen LogP contribution in [0.3, 0.4) is 0 Å². The highest BCUT2D eigenvalue weighted by Gasteiger charge is 2.30. The van der Waals surface area contributed by atoms with Crippen LogP contribution in [-0.2, 0) is 4.79 Å². The van der Waals surface area contributed by atoms with E-state index in [1.165, 1.54) is 0 Å². The van der Waals surface area contributed by atoms with E-state index in [1.54, 1.807) is 6.33 Å². The van der Waals surface area contributed by atoms with Gasteiger partial charge in [-0.25, -0.2) is 14.4 Å². The molecule has 0 bridgehead atoms. The number of rotatable bonds is 7. The van der Waals surface area contributed by atoms with Crippen molar-refractivity contribution >= 4 is 11.6 Å². The van der Waals surface area contributed by atoms with Crippen molar-refractivity contribution in [1.29, 1.82) is 0 Å². The first-order chi connectivity index (χ1) is 13.5. The van der Waals surface area contributed by atoms with Crippen LogP contribution in [0.4, 0.5) is 10.1 Å². The SMILES string of the molecule is Cc1ncnc(C)c1-c1cc(NC(=O)C2CC2)ccc1OCCN1CC(F)C1. The number of halogens is 1. The number of amides is 1. The Balaban J connectivity index is 1.57. The molecule has 1 aliphatic carbocycles. The first kappa shape index (κ1) is 18.8. The molecule has 1 aromatic heterocycles. The fraction of sp³-hybridized carbons (Fsp3) is 0.476. The lowest BCUT2D eigenvalue weighted by Crippen LogP contribution is -2.49. The maximum atomic E-state index is 13.0. The van der Waals surface area contributed by atoms with Gasteiger partial charge in [-0.3, -0.25) is 9.69 Å². The summed E-state index contributed by atoms with van der Waals surface area (Å²) in [7, 11) is 0. The highest BCUT2D eigenvalue weighted by Crippen LogP contribution is 2.36. The van der Waals surface area contributed by atoms with Crippen molar-refractivity contribution in [2.24, 2.45) is 5.92 Å². The minimum Gasteiger partial charge on any atom is -0.492 e. The number of aryl methyl sites for hydroxylation is 2. The van der Waals surface area contributed by atoms with E-state index in [0.29, 0.717) is 32.0 Å². The highest BCUT2D eigenvalue weighted by atomic mass is 19.1. The van der Waals surface area contributed by atoms with E-state index in [1.807, 2.05) is 36.9 Å². The molecule has 0 spiro atoms. The summed E-state index contributed by atoms with van der Waals surface area (Å²) in [6.45, 7) is 5.98. The van der Waals surface area contributed by atoms with E-state index >= 15 is 0 Å². The van der Waals surface area contributed by atoms with Gasteiger partial charge < -0.3 is 10.1 Å². The molecule has 28 heavy (non-hydrogen) atoms. The van der Waals surface area contributed by atoms with Gasteiger partial charge in [0.1, 0.15) is 24.9 Å². The lowest BCUT2D eigenvalue weighted by atomic mass is 10.0. The van der Waals surface area contributed by atoms with Crippen molar-refractivity contribution in [2.45, 2.75) is 32.9 Å². The van der Waals surface area contributed by atoms with Crippen LogP contribution in [0.5, 0.6) is 5.75 Å². The maximum absolute atomic E-state index is 13.0. The third-order valence-corrected chi connectivity index (χ3v) is 5.27. The molecule has 1 aliphatic heterocycles. The van der Waals surface area contributed by atoms with Crippen LogP contribution < -0.4 is 10.1 Å². The molecule has 148 valence electrons. The molecule has 6 nitrogen and oxygen atoms in total. The second-order valence-corrected chi connectivity index (χ2v) is 7.60. The number of anilines is 1. The summed E-state index contributed by atoms with van der Waals surface area (Å²) in [5.74, 6) is 0.914. The summed E-state index contributed by atoms with van der Waals surface area (Å²) < 4.78 is 19.0. The number of nitrogens with zero attached hydrogens (tertiary/aromatic N) is 3. The molecule has 0 unspecified atom stereocenters. The zero-order valence-corrected chi connectivity index (χ0v) is 16.2. The number of nitrogens with one attached hydrogen (secondary N) is 1. The molecular weight excluding hydrogens is 359 g/mol. The van der Waals surface area contributed by atoms with Crippen LogP contribution in [-0.4, -0.2) is 53.2 Å². The van der Waals surface area contributed by atoms with E-state index < -0.39 is 6.17 Å². The van der Waals surface area contributed by atoms with Gasteiger partial charge in [0.15, 0.2) is 0 Å². The lowest BCUT2D eigenvalue weighted by molar-refractivity contribution is -0.117. The van der Waals surface area contributed by atoms with Crippen molar-refractivity contribution in [1.82, 2.24) is 14.9 Å². The van der Waals surface area contributed by atoms with Gasteiger partial charge in [-0.05, 0) is 44.9 Å². The third kappa shape index (κ3) is 4.14. The number of hydrogen-bond donors (Lipinski definition) is 1. The van der Waals surface area contributed by atoms with Gasteiger partial charge in [0.25, 0.3) is 0 Å². The average Bonchev–Trinajstić information content (AvgIpc) is 3.47. The highest BCUT2D eigenvalue weighted by molar-refractivity contribution is 5.95. The Morgan fingerprint density at radius 1 is 1.25 bits per heavy atom. The smallest absolute Gasteiger partial charge is 0.227 e. The van der Waals surface area contributed by atoms with Crippen molar-refractivity contribution < 1.29 is 13.9 Å². The van der Waals surface area contributed by atoms with E-state index in [0.717, 1.165) is 41.0 Å². The molecule has 1 N–H and O–H groups in total. The Morgan fingerprint density at radius 2 is 1.96 bits per heavy atom. The first-order valence-corrected chi connectivity index (χ1v) is 9.74. The fourth-order valence-electron chi connectivity index (χ4n) is 3.48. The summed E-state index contributed by atoms with van der Waals surface area (Å²) in [6, 6.07) is 5.65. The lowest BCUT2D eigenvalue weighted by Gasteiger charge is -2.34. The molecule has 2 fully saturated rings. The van der Waals surface area contributed by atoms with Gasteiger partial charge in [0.2, 0.25) is 5.91 Å². The number of ether oxygens (including phenoxy) is 1. The standard InChI is InChI=1S/C21H25FN4O2/c1-13-20(14(2)24-12-23-13)18-9-17(25-21(27)15-3-4-15)5-6-19(18)28-8-7-26-10-16(22)11-26/h5-6,9,12,15-16H,3-4,7-8,10-11H2,1-2H3,(H,25,27). The molecule has 1 aromatic carbocycles. The van der Waals surface area contributed by atoms with E-state index in [2.05, 4.69) is 15.3 Å². The number of benzene rings is 1. The third-order valence-electron chi connectivity index (χ3n) is 5.27. The number of likely N-dealkylation sites (tertiary alicyclic amines) is 1.